The molecule has 4 heterocycles. The summed E-state index contributed by atoms with van der Waals surface area (Å²) in [6.07, 6.45) is -1.37. The van der Waals surface area contributed by atoms with E-state index in [1.165, 1.54) is 43.7 Å². The highest BCUT2D eigenvalue weighted by molar-refractivity contribution is 7.13. The Morgan fingerprint density at radius 2 is 2.00 bits per heavy atom. The molecule has 0 radical (unpaired) electrons. The summed E-state index contributed by atoms with van der Waals surface area (Å²) in [6.45, 7) is 0. The van der Waals surface area contributed by atoms with Crippen LogP contribution in [0.5, 0.6) is 0 Å². The third-order valence-corrected chi connectivity index (χ3v) is 5.52. The maximum absolute atomic E-state index is 14.3. The van der Waals surface area contributed by atoms with Gasteiger partial charge < -0.3 is 20.7 Å². The number of H-pyrrole nitrogens is 1. The van der Waals surface area contributed by atoms with Gasteiger partial charge in [-0.2, -0.15) is 13.2 Å². The molecule has 1 atom stereocenters. The number of aliphatic hydroxyl groups is 1. The lowest BCUT2D eigenvalue weighted by Gasteiger charge is -2.18. The lowest BCUT2D eigenvalue weighted by atomic mass is 9.96. The molecule has 12 heteroatoms. The molecule has 0 saturated carbocycles. The summed E-state index contributed by atoms with van der Waals surface area (Å²) in [5.74, 6) is -0.623. The molecule has 4 rings (SSSR count). The van der Waals surface area contributed by atoms with Gasteiger partial charge in [-0.3, -0.25) is 9.78 Å². The zero-order valence-corrected chi connectivity index (χ0v) is 17.6. The number of aromatic nitrogens is 4. The van der Waals surface area contributed by atoms with Gasteiger partial charge in [-0.15, -0.1) is 11.3 Å². The first kappa shape index (κ1) is 21.7. The minimum Gasteiger partial charge on any atom is -0.378 e. The Morgan fingerprint density at radius 3 is 2.62 bits per heavy atom. The Kier molecular flexibility index (Phi) is 5.34. The van der Waals surface area contributed by atoms with E-state index in [1.54, 1.807) is 5.38 Å². The number of hydrogen-bond donors (Lipinski definition) is 3. The van der Waals surface area contributed by atoms with Crippen molar-refractivity contribution in [2.45, 2.75) is 12.3 Å². The van der Waals surface area contributed by atoms with Gasteiger partial charge in [0.25, 0.3) is 5.91 Å². The SMILES string of the molecule is CN(C)C(=O)C(O)c1cncc(-c2cnc3[nH]cc(-c4csc(N)n4)c3c2C(F)(F)F)c1. The molecule has 0 bridgehead atoms. The quantitative estimate of drug-likeness (QED) is 0.427. The maximum Gasteiger partial charge on any atom is 0.417 e. The largest absolute Gasteiger partial charge is 0.417 e. The number of alkyl halides is 3. The molecule has 0 saturated heterocycles. The van der Waals surface area contributed by atoms with E-state index in [4.69, 9.17) is 5.73 Å². The van der Waals surface area contributed by atoms with Crippen LogP contribution in [0.15, 0.2) is 36.2 Å². The summed E-state index contributed by atoms with van der Waals surface area (Å²) in [5, 5.41) is 11.9. The van der Waals surface area contributed by atoms with Crippen molar-refractivity contribution in [3.63, 3.8) is 0 Å². The minimum absolute atomic E-state index is 0.0366. The Morgan fingerprint density at radius 1 is 1.25 bits per heavy atom. The average Bonchev–Trinajstić information content (AvgIpc) is 3.37. The smallest absolute Gasteiger partial charge is 0.378 e. The first-order chi connectivity index (χ1) is 15.1. The van der Waals surface area contributed by atoms with E-state index in [-0.39, 0.29) is 38.4 Å². The van der Waals surface area contributed by atoms with Gasteiger partial charge in [0.2, 0.25) is 0 Å². The fourth-order valence-corrected chi connectivity index (χ4v) is 3.93. The standard InChI is InChI=1S/C20H17F3N6O2S/c1-29(2)18(31)16(30)10-3-9(4-25-5-10)11-6-26-17-14(15(11)20(21,22)23)12(7-27-17)13-8-32-19(24)28-13/h3-8,16,30H,1-2H3,(H2,24,28)(H,26,27). The van der Waals surface area contributed by atoms with Gasteiger partial charge in [-0.05, 0) is 6.07 Å². The third kappa shape index (κ3) is 3.78. The lowest BCUT2D eigenvalue weighted by molar-refractivity contribution is -0.138. The van der Waals surface area contributed by atoms with Crippen LogP contribution in [0.25, 0.3) is 33.4 Å². The van der Waals surface area contributed by atoms with Gasteiger partial charge >= 0.3 is 6.18 Å². The predicted octanol–water partition coefficient (Wildman–Crippen LogP) is 3.47. The Hall–Kier alpha value is -3.51. The lowest BCUT2D eigenvalue weighted by Crippen LogP contribution is -2.28. The van der Waals surface area contributed by atoms with Crippen molar-refractivity contribution < 1.29 is 23.1 Å². The highest BCUT2D eigenvalue weighted by Crippen LogP contribution is 2.44. The van der Waals surface area contributed by atoms with Crippen molar-refractivity contribution in [2.75, 3.05) is 19.8 Å². The van der Waals surface area contributed by atoms with Crippen molar-refractivity contribution in [1.29, 1.82) is 0 Å². The molecule has 1 unspecified atom stereocenters. The van der Waals surface area contributed by atoms with Crippen molar-refractivity contribution in [3.8, 4) is 22.4 Å². The molecule has 0 fully saturated rings. The fraction of sp³-hybridized carbons (Fsp3) is 0.200. The number of carbonyl (C=O) groups excluding carboxylic acids is 1. The van der Waals surface area contributed by atoms with E-state index in [2.05, 4.69) is 19.9 Å². The topological polar surface area (TPSA) is 121 Å². The number of rotatable bonds is 4. The van der Waals surface area contributed by atoms with E-state index in [1.807, 2.05) is 0 Å². The molecule has 0 aliphatic heterocycles. The van der Waals surface area contributed by atoms with Gasteiger partial charge in [0.15, 0.2) is 11.2 Å². The monoisotopic (exact) mass is 462 g/mol. The Labute approximate surface area is 183 Å². The molecule has 0 spiro atoms. The number of halogens is 3. The molecule has 166 valence electrons. The first-order valence-electron chi connectivity index (χ1n) is 9.21. The van der Waals surface area contributed by atoms with Crippen LogP contribution in [0.3, 0.4) is 0 Å². The van der Waals surface area contributed by atoms with E-state index in [0.29, 0.717) is 5.69 Å². The number of nitrogens with one attached hydrogen (secondary N) is 1. The summed E-state index contributed by atoms with van der Waals surface area (Å²) in [4.78, 5) is 28.2. The average molecular weight is 462 g/mol. The van der Waals surface area contributed by atoms with E-state index < -0.39 is 23.8 Å². The first-order valence-corrected chi connectivity index (χ1v) is 10.1. The Balaban J connectivity index is 1.94. The second-order valence-electron chi connectivity index (χ2n) is 7.18. The predicted molar refractivity (Wildman–Crippen MR) is 114 cm³/mol. The number of aromatic amines is 1. The van der Waals surface area contributed by atoms with Crippen molar-refractivity contribution >= 4 is 33.4 Å². The number of aliphatic hydroxyl groups excluding tert-OH is 1. The van der Waals surface area contributed by atoms with E-state index >= 15 is 0 Å². The number of pyridine rings is 2. The van der Waals surface area contributed by atoms with E-state index in [0.717, 1.165) is 17.5 Å². The number of nitrogen functional groups attached to an aromatic ring is 1. The summed E-state index contributed by atoms with van der Waals surface area (Å²) in [6, 6.07) is 1.30. The van der Waals surface area contributed by atoms with Crippen LogP contribution in [0.1, 0.15) is 17.2 Å². The van der Waals surface area contributed by atoms with Crippen LogP contribution in [0.2, 0.25) is 0 Å². The molecule has 4 aromatic heterocycles. The summed E-state index contributed by atoms with van der Waals surface area (Å²) >= 11 is 1.11. The molecular formula is C20H17F3N6O2S. The maximum atomic E-state index is 14.3. The molecule has 4 aromatic rings. The summed E-state index contributed by atoms with van der Waals surface area (Å²) in [7, 11) is 2.92. The number of anilines is 1. The van der Waals surface area contributed by atoms with Crippen LogP contribution in [0.4, 0.5) is 18.3 Å². The molecule has 32 heavy (non-hydrogen) atoms. The fourth-order valence-electron chi connectivity index (χ4n) is 3.36. The van der Waals surface area contributed by atoms with Crippen LogP contribution in [0, 0.1) is 0 Å². The zero-order valence-electron chi connectivity index (χ0n) is 16.8. The molecule has 4 N–H and O–H groups in total. The highest BCUT2D eigenvalue weighted by Gasteiger charge is 2.38. The van der Waals surface area contributed by atoms with Crippen LogP contribution < -0.4 is 5.73 Å². The van der Waals surface area contributed by atoms with Gasteiger partial charge in [0, 0.05) is 71.9 Å². The number of fused-ring (bicyclic) bond motifs is 1. The number of nitrogens with zero attached hydrogens (tertiary/aromatic N) is 4. The molecule has 0 aliphatic carbocycles. The number of thiazole rings is 1. The number of carbonyl (C=O) groups is 1. The number of likely N-dealkylation sites (N-methyl/N-ethyl adjacent to an activating group) is 1. The molecule has 8 nitrogen and oxygen atoms in total. The second-order valence-corrected chi connectivity index (χ2v) is 8.07. The normalized spacial score (nSPS) is 12.8. The third-order valence-electron chi connectivity index (χ3n) is 4.84. The zero-order chi connectivity index (χ0) is 23.2. The summed E-state index contributed by atoms with van der Waals surface area (Å²) in [5.41, 5.74) is 5.15. The van der Waals surface area contributed by atoms with Crippen LogP contribution in [-0.2, 0) is 11.0 Å². The van der Waals surface area contributed by atoms with Gasteiger partial charge in [-0.1, -0.05) is 0 Å². The number of hydrogen-bond acceptors (Lipinski definition) is 7. The minimum atomic E-state index is -4.75. The molecule has 0 aromatic carbocycles. The van der Waals surface area contributed by atoms with Crippen molar-refractivity contribution in [2.24, 2.45) is 0 Å². The van der Waals surface area contributed by atoms with Crippen molar-refractivity contribution in [1.82, 2.24) is 24.8 Å². The van der Waals surface area contributed by atoms with Crippen molar-refractivity contribution in [3.05, 3.63) is 47.4 Å². The molecule has 0 aliphatic rings. The van der Waals surface area contributed by atoms with E-state index in [9.17, 15) is 23.1 Å². The highest BCUT2D eigenvalue weighted by atomic mass is 32.1. The van der Waals surface area contributed by atoms with Gasteiger partial charge in [0.05, 0.1) is 11.3 Å². The molecular weight excluding hydrogens is 445 g/mol. The second kappa shape index (κ2) is 7.88. The van der Waals surface area contributed by atoms with Crippen LogP contribution in [-0.4, -0.2) is 49.9 Å². The molecule has 1 amide bonds. The number of amides is 1. The number of nitrogens with two attached hydrogens (primary N) is 1. The summed E-state index contributed by atoms with van der Waals surface area (Å²) < 4.78 is 43.0. The van der Waals surface area contributed by atoms with Gasteiger partial charge in [-0.25, -0.2) is 9.97 Å². The van der Waals surface area contributed by atoms with Gasteiger partial charge in [0.1, 0.15) is 5.65 Å². The Bertz CT molecular complexity index is 1310. The van der Waals surface area contributed by atoms with Crippen LogP contribution >= 0.6 is 11.3 Å².